The third kappa shape index (κ3) is 1.89. The Hall–Kier alpha value is -0.800. The Morgan fingerprint density at radius 1 is 1.44 bits per heavy atom. The van der Waals surface area contributed by atoms with Crippen molar-refractivity contribution in [2.45, 2.75) is 37.8 Å². The quantitative estimate of drug-likeness (QED) is 0.818. The van der Waals surface area contributed by atoms with Gasteiger partial charge in [-0.1, -0.05) is 6.42 Å². The lowest BCUT2D eigenvalue weighted by molar-refractivity contribution is 0.139. The van der Waals surface area contributed by atoms with Gasteiger partial charge in [0.15, 0.2) is 0 Å². The fourth-order valence-corrected chi connectivity index (χ4v) is 3.34. The van der Waals surface area contributed by atoms with E-state index in [1.165, 1.54) is 25.7 Å². The highest BCUT2D eigenvalue weighted by Crippen LogP contribution is 2.44. The molecule has 88 valence electrons. The van der Waals surface area contributed by atoms with Crippen LogP contribution in [0.2, 0.25) is 0 Å². The lowest BCUT2D eigenvalue weighted by atomic mass is 9.95. The van der Waals surface area contributed by atoms with E-state index in [4.69, 9.17) is 4.42 Å². The van der Waals surface area contributed by atoms with Gasteiger partial charge in [0, 0.05) is 12.6 Å². The molecular weight excluding hydrogens is 202 g/mol. The number of fused-ring (bicyclic) bond motifs is 2. The van der Waals surface area contributed by atoms with Crippen molar-refractivity contribution in [3.63, 3.8) is 0 Å². The van der Waals surface area contributed by atoms with Crippen molar-refractivity contribution in [2.24, 2.45) is 11.8 Å². The molecule has 0 saturated heterocycles. The van der Waals surface area contributed by atoms with Crippen LogP contribution in [0.5, 0.6) is 0 Å². The average molecular weight is 221 g/mol. The summed E-state index contributed by atoms with van der Waals surface area (Å²) in [5.41, 5.74) is 0. The predicted molar refractivity (Wildman–Crippen MR) is 60.9 cm³/mol. The van der Waals surface area contributed by atoms with Crippen LogP contribution in [-0.2, 0) is 0 Å². The van der Waals surface area contributed by atoms with Gasteiger partial charge >= 0.3 is 0 Å². The lowest BCUT2D eigenvalue weighted by Crippen LogP contribution is -2.36. The van der Waals surface area contributed by atoms with Gasteiger partial charge in [-0.15, -0.1) is 0 Å². The number of hydrogen-bond donors (Lipinski definition) is 2. The second kappa shape index (κ2) is 4.22. The largest absolute Gasteiger partial charge is 0.467 e. The highest BCUT2D eigenvalue weighted by Gasteiger charge is 2.39. The third-order valence-electron chi connectivity index (χ3n) is 4.18. The smallest absolute Gasteiger partial charge is 0.133 e. The fourth-order valence-electron chi connectivity index (χ4n) is 3.34. The van der Waals surface area contributed by atoms with Crippen molar-refractivity contribution in [1.29, 1.82) is 0 Å². The molecule has 0 aliphatic heterocycles. The van der Waals surface area contributed by atoms with Crippen LogP contribution < -0.4 is 5.32 Å². The number of rotatable bonds is 4. The van der Waals surface area contributed by atoms with Crippen LogP contribution in [0.15, 0.2) is 22.8 Å². The minimum atomic E-state index is -0.505. The Morgan fingerprint density at radius 3 is 3.00 bits per heavy atom. The summed E-state index contributed by atoms with van der Waals surface area (Å²) in [6.07, 6.45) is 6.59. The summed E-state index contributed by atoms with van der Waals surface area (Å²) in [4.78, 5) is 0. The maximum atomic E-state index is 9.88. The molecule has 2 N–H and O–H groups in total. The van der Waals surface area contributed by atoms with Gasteiger partial charge in [0.25, 0.3) is 0 Å². The molecule has 4 unspecified atom stereocenters. The van der Waals surface area contributed by atoms with Crippen LogP contribution in [-0.4, -0.2) is 17.7 Å². The van der Waals surface area contributed by atoms with Crippen molar-refractivity contribution in [1.82, 2.24) is 5.32 Å². The van der Waals surface area contributed by atoms with Crippen LogP contribution in [0, 0.1) is 11.8 Å². The van der Waals surface area contributed by atoms with E-state index >= 15 is 0 Å². The molecule has 3 heteroatoms. The maximum absolute atomic E-state index is 9.88. The predicted octanol–water partition coefficient (Wildman–Crippen LogP) is 2.09. The number of nitrogens with one attached hydrogen (secondary N) is 1. The first-order chi connectivity index (χ1) is 7.83. The molecule has 3 nitrogen and oxygen atoms in total. The molecule has 0 aromatic carbocycles. The molecule has 16 heavy (non-hydrogen) atoms. The zero-order valence-corrected chi connectivity index (χ0v) is 9.43. The number of hydrogen-bond acceptors (Lipinski definition) is 3. The Labute approximate surface area is 95.8 Å². The van der Waals surface area contributed by atoms with Gasteiger partial charge in [-0.25, -0.2) is 0 Å². The molecule has 1 heterocycles. The van der Waals surface area contributed by atoms with Crippen molar-refractivity contribution in [3.05, 3.63) is 24.2 Å². The topological polar surface area (TPSA) is 45.4 Å². The van der Waals surface area contributed by atoms with E-state index in [1.54, 1.807) is 6.26 Å². The molecule has 4 atom stereocenters. The molecule has 2 aliphatic rings. The molecule has 2 aliphatic carbocycles. The first-order valence-corrected chi connectivity index (χ1v) is 6.28. The van der Waals surface area contributed by atoms with Crippen molar-refractivity contribution in [2.75, 3.05) is 6.54 Å². The molecule has 2 saturated carbocycles. The maximum Gasteiger partial charge on any atom is 0.133 e. The van der Waals surface area contributed by atoms with E-state index in [9.17, 15) is 5.11 Å². The SMILES string of the molecule is OC(CNC1CC2CCC1C2)c1ccco1. The first kappa shape index (κ1) is 10.4. The molecule has 2 fully saturated rings. The van der Waals surface area contributed by atoms with Gasteiger partial charge < -0.3 is 14.8 Å². The van der Waals surface area contributed by atoms with E-state index in [1.807, 2.05) is 12.1 Å². The second-order valence-corrected chi connectivity index (χ2v) is 5.22. The van der Waals surface area contributed by atoms with Crippen LogP contribution in [0.25, 0.3) is 0 Å². The van der Waals surface area contributed by atoms with E-state index in [0.29, 0.717) is 18.3 Å². The first-order valence-electron chi connectivity index (χ1n) is 6.28. The van der Waals surface area contributed by atoms with Gasteiger partial charge in [-0.2, -0.15) is 0 Å². The van der Waals surface area contributed by atoms with Gasteiger partial charge in [-0.05, 0) is 43.2 Å². The monoisotopic (exact) mass is 221 g/mol. The van der Waals surface area contributed by atoms with E-state index in [-0.39, 0.29) is 0 Å². The molecule has 0 radical (unpaired) electrons. The van der Waals surface area contributed by atoms with Crippen molar-refractivity contribution in [3.8, 4) is 0 Å². The zero-order valence-electron chi connectivity index (χ0n) is 9.43. The number of furan rings is 1. The summed E-state index contributed by atoms with van der Waals surface area (Å²) >= 11 is 0. The van der Waals surface area contributed by atoms with Gasteiger partial charge in [0.05, 0.1) is 6.26 Å². The zero-order chi connectivity index (χ0) is 11.0. The highest BCUT2D eigenvalue weighted by molar-refractivity contribution is 5.03. The molecule has 0 spiro atoms. The Balaban J connectivity index is 1.50. The van der Waals surface area contributed by atoms with Crippen LogP contribution >= 0.6 is 0 Å². The fraction of sp³-hybridized carbons (Fsp3) is 0.692. The third-order valence-corrected chi connectivity index (χ3v) is 4.18. The van der Waals surface area contributed by atoms with E-state index in [0.717, 1.165) is 11.8 Å². The highest BCUT2D eigenvalue weighted by atomic mass is 16.4. The number of aliphatic hydroxyl groups excluding tert-OH is 1. The van der Waals surface area contributed by atoms with Crippen molar-refractivity contribution >= 4 is 0 Å². The molecule has 2 bridgehead atoms. The summed E-state index contributed by atoms with van der Waals surface area (Å²) in [5.74, 6) is 2.47. The summed E-state index contributed by atoms with van der Waals surface area (Å²) in [6, 6.07) is 4.27. The standard InChI is InChI=1S/C13H19NO2/c15-12(13-2-1-5-16-13)8-14-11-7-9-3-4-10(11)6-9/h1-2,5,9-12,14-15H,3-4,6-8H2. The van der Waals surface area contributed by atoms with E-state index < -0.39 is 6.10 Å². The van der Waals surface area contributed by atoms with Crippen LogP contribution in [0.4, 0.5) is 0 Å². The second-order valence-electron chi connectivity index (χ2n) is 5.22. The normalized spacial score (nSPS) is 34.4. The summed E-state index contributed by atoms with van der Waals surface area (Å²) in [7, 11) is 0. The minimum absolute atomic E-state index is 0.505. The lowest BCUT2D eigenvalue weighted by Gasteiger charge is -2.23. The Morgan fingerprint density at radius 2 is 2.38 bits per heavy atom. The molecular formula is C13H19NO2. The molecule has 1 aromatic rings. The molecule has 3 rings (SSSR count). The van der Waals surface area contributed by atoms with Crippen LogP contribution in [0.3, 0.4) is 0 Å². The van der Waals surface area contributed by atoms with Gasteiger partial charge in [0.1, 0.15) is 11.9 Å². The molecule has 1 aromatic heterocycles. The molecule has 0 amide bonds. The summed E-state index contributed by atoms with van der Waals surface area (Å²) in [5, 5.41) is 13.4. The summed E-state index contributed by atoms with van der Waals surface area (Å²) < 4.78 is 5.18. The Bertz CT molecular complexity index is 336. The minimum Gasteiger partial charge on any atom is -0.467 e. The van der Waals surface area contributed by atoms with Gasteiger partial charge in [-0.3, -0.25) is 0 Å². The van der Waals surface area contributed by atoms with Gasteiger partial charge in [0.2, 0.25) is 0 Å². The van der Waals surface area contributed by atoms with E-state index in [2.05, 4.69) is 5.32 Å². The summed E-state index contributed by atoms with van der Waals surface area (Å²) in [6.45, 7) is 0.612. The number of aliphatic hydroxyl groups is 1. The van der Waals surface area contributed by atoms with Crippen LogP contribution in [0.1, 0.15) is 37.5 Å². The average Bonchev–Trinajstić information content (AvgIpc) is 3.01. The Kier molecular flexibility index (Phi) is 2.74. The van der Waals surface area contributed by atoms with Crippen molar-refractivity contribution < 1.29 is 9.52 Å².